The highest BCUT2D eigenvalue weighted by atomic mass is 79.9. The quantitative estimate of drug-likeness (QED) is 0.813. The molecule has 0 saturated heterocycles. The Hall–Kier alpha value is -2.05. The Morgan fingerprint density at radius 2 is 1.88 bits per heavy atom. The summed E-state index contributed by atoms with van der Waals surface area (Å²) in [4.78, 5) is 25.8. The van der Waals surface area contributed by atoms with Gasteiger partial charge >= 0.3 is 0 Å². The van der Waals surface area contributed by atoms with E-state index in [2.05, 4.69) is 21.2 Å². The molecule has 0 radical (unpaired) electrons. The van der Waals surface area contributed by atoms with Gasteiger partial charge in [-0.15, -0.1) is 0 Å². The molecule has 2 amide bonds. The Morgan fingerprint density at radius 3 is 2.50 bits per heavy atom. The first kappa shape index (κ1) is 18.3. The number of rotatable bonds is 5. The number of carbonyl (C=O) groups is 2. The van der Waals surface area contributed by atoms with E-state index < -0.39 is 0 Å². The first-order valence-corrected chi connectivity index (χ1v) is 8.22. The Kier molecular flexibility index (Phi) is 6.23. The summed E-state index contributed by atoms with van der Waals surface area (Å²) in [5.41, 5.74) is 0.966. The normalized spacial score (nSPS) is 10.2. The van der Waals surface area contributed by atoms with Gasteiger partial charge in [0.1, 0.15) is 5.75 Å². The number of benzene rings is 2. The minimum Gasteiger partial charge on any atom is -0.497 e. The first-order chi connectivity index (χ1) is 11.4. The van der Waals surface area contributed by atoms with Crippen molar-refractivity contribution in [1.29, 1.82) is 0 Å². The van der Waals surface area contributed by atoms with Crippen molar-refractivity contribution in [2.45, 2.75) is 0 Å². The molecule has 2 aromatic carbocycles. The van der Waals surface area contributed by atoms with Crippen LogP contribution in [0.3, 0.4) is 0 Å². The van der Waals surface area contributed by atoms with Gasteiger partial charge in [-0.05, 0) is 42.5 Å². The number of halogens is 2. The number of nitrogens with zero attached hydrogens (tertiary/aromatic N) is 1. The molecule has 24 heavy (non-hydrogen) atoms. The zero-order chi connectivity index (χ0) is 17.7. The molecule has 0 aromatic heterocycles. The van der Waals surface area contributed by atoms with Crippen molar-refractivity contribution in [3.05, 3.63) is 57.5 Å². The third-order valence-electron chi connectivity index (χ3n) is 3.26. The van der Waals surface area contributed by atoms with E-state index in [1.165, 1.54) is 4.90 Å². The number of nitrogens with one attached hydrogen (secondary N) is 1. The van der Waals surface area contributed by atoms with Crippen LogP contribution in [0.25, 0.3) is 0 Å². The first-order valence-electron chi connectivity index (χ1n) is 7.05. The van der Waals surface area contributed by atoms with Crippen LogP contribution in [0.2, 0.25) is 5.02 Å². The van der Waals surface area contributed by atoms with Crippen molar-refractivity contribution in [1.82, 2.24) is 4.90 Å². The molecule has 2 rings (SSSR count). The molecule has 0 bridgehead atoms. The smallest absolute Gasteiger partial charge is 0.255 e. The van der Waals surface area contributed by atoms with Crippen LogP contribution in [0.15, 0.2) is 46.9 Å². The maximum Gasteiger partial charge on any atom is 0.255 e. The third-order valence-corrected chi connectivity index (χ3v) is 4.08. The molecule has 2 aromatic rings. The summed E-state index contributed by atoms with van der Waals surface area (Å²) < 4.78 is 5.80. The van der Waals surface area contributed by atoms with E-state index in [0.29, 0.717) is 22.0 Å². The van der Waals surface area contributed by atoms with Crippen LogP contribution in [0.1, 0.15) is 10.4 Å². The molecule has 0 aliphatic heterocycles. The van der Waals surface area contributed by atoms with Crippen molar-refractivity contribution in [2.75, 3.05) is 26.0 Å². The summed E-state index contributed by atoms with van der Waals surface area (Å²) >= 11 is 9.35. The van der Waals surface area contributed by atoms with E-state index in [0.717, 1.165) is 4.47 Å². The van der Waals surface area contributed by atoms with E-state index in [9.17, 15) is 9.59 Å². The average molecular weight is 412 g/mol. The monoisotopic (exact) mass is 410 g/mol. The number of amides is 2. The molecule has 126 valence electrons. The molecule has 7 heteroatoms. The highest BCUT2D eigenvalue weighted by Crippen LogP contribution is 2.22. The van der Waals surface area contributed by atoms with Crippen LogP contribution in [-0.2, 0) is 4.79 Å². The lowest BCUT2D eigenvalue weighted by molar-refractivity contribution is -0.116. The fourth-order valence-electron chi connectivity index (χ4n) is 2.03. The molecule has 0 heterocycles. The molecule has 0 atom stereocenters. The lowest BCUT2D eigenvalue weighted by Crippen LogP contribution is -2.35. The Bertz CT molecular complexity index is 750. The summed E-state index contributed by atoms with van der Waals surface area (Å²) in [5.74, 6) is 0.0675. The van der Waals surface area contributed by atoms with Gasteiger partial charge in [-0.3, -0.25) is 9.59 Å². The van der Waals surface area contributed by atoms with E-state index in [1.807, 2.05) is 0 Å². The fourth-order valence-corrected chi connectivity index (χ4v) is 2.59. The second-order valence-electron chi connectivity index (χ2n) is 5.06. The van der Waals surface area contributed by atoms with Crippen LogP contribution in [0.4, 0.5) is 5.69 Å². The van der Waals surface area contributed by atoms with Crippen LogP contribution in [0.5, 0.6) is 5.75 Å². The largest absolute Gasteiger partial charge is 0.497 e. The zero-order valence-electron chi connectivity index (χ0n) is 13.2. The maximum absolute atomic E-state index is 12.4. The van der Waals surface area contributed by atoms with E-state index >= 15 is 0 Å². The minimum absolute atomic E-state index is 0.0896. The fraction of sp³-hybridized carbons (Fsp3) is 0.176. The number of hydrogen-bond acceptors (Lipinski definition) is 3. The predicted molar refractivity (Wildman–Crippen MR) is 97.7 cm³/mol. The van der Waals surface area contributed by atoms with Gasteiger partial charge in [0, 0.05) is 17.2 Å². The van der Waals surface area contributed by atoms with Gasteiger partial charge in [-0.1, -0.05) is 27.5 Å². The number of likely N-dealkylation sites (N-methyl/N-ethyl adjacent to an activating group) is 1. The topological polar surface area (TPSA) is 58.6 Å². The van der Waals surface area contributed by atoms with Gasteiger partial charge in [0.15, 0.2) is 0 Å². The molecular formula is C17H16BrClN2O3. The second-order valence-corrected chi connectivity index (χ2v) is 6.38. The molecule has 0 saturated carbocycles. The number of ether oxygens (including phenoxy) is 1. The van der Waals surface area contributed by atoms with Gasteiger partial charge in [0.2, 0.25) is 5.91 Å². The average Bonchev–Trinajstić information content (AvgIpc) is 2.57. The number of carbonyl (C=O) groups excluding carboxylic acids is 2. The van der Waals surface area contributed by atoms with Crippen LogP contribution >= 0.6 is 27.5 Å². The van der Waals surface area contributed by atoms with E-state index in [4.69, 9.17) is 16.3 Å². The molecule has 0 unspecified atom stereocenters. The maximum atomic E-state index is 12.4. The molecule has 0 spiro atoms. The predicted octanol–water partition coefficient (Wildman–Crippen LogP) is 3.82. The van der Waals surface area contributed by atoms with E-state index in [-0.39, 0.29) is 18.4 Å². The van der Waals surface area contributed by atoms with Crippen LogP contribution < -0.4 is 10.1 Å². The molecule has 1 N–H and O–H groups in total. The summed E-state index contributed by atoms with van der Waals surface area (Å²) in [6, 6.07) is 11.9. The van der Waals surface area contributed by atoms with Crippen LogP contribution in [-0.4, -0.2) is 37.4 Å². The number of hydrogen-bond donors (Lipinski definition) is 1. The van der Waals surface area contributed by atoms with Crippen molar-refractivity contribution < 1.29 is 14.3 Å². The molecule has 0 aliphatic rings. The lowest BCUT2D eigenvalue weighted by Gasteiger charge is -2.18. The Balaban J connectivity index is 1.99. The van der Waals surface area contributed by atoms with Crippen molar-refractivity contribution in [3.8, 4) is 5.75 Å². The standard InChI is InChI=1S/C17H16BrClN2O3/c1-21(17(23)14-9-11(18)3-8-15(14)19)10-16(22)20-12-4-6-13(24-2)7-5-12/h3-9H,10H2,1-2H3,(H,20,22). The van der Waals surface area contributed by atoms with Gasteiger partial charge in [0.05, 0.1) is 24.2 Å². The SMILES string of the molecule is COc1ccc(NC(=O)CN(C)C(=O)c2cc(Br)ccc2Cl)cc1. The van der Waals surface area contributed by atoms with Crippen molar-refractivity contribution in [2.24, 2.45) is 0 Å². The summed E-state index contributed by atoms with van der Waals surface area (Å²) in [6.07, 6.45) is 0. The number of methoxy groups -OCH3 is 1. The molecule has 0 aliphatic carbocycles. The second kappa shape index (κ2) is 8.17. The Labute approximate surface area is 153 Å². The molecule has 0 fully saturated rings. The van der Waals surface area contributed by atoms with Gasteiger partial charge in [0.25, 0.3) is 5.91 Å². The third kappa shape index (κ3) is 4.72. The minimum atomic E-state index is -0.328. The van der Waals surface area contributed by atoms with Crippen molar-refractivity contribution >= 4 is 45.0 Å². The zero-order valence-corrected chi connectivity index (χ0v) is 15.5. The summed E-state index contributed by atoms with van der Waals surface area (Å²) in [6.45, 7) is -0.0896. The lowest BCUT2D eigenvalue weighted by atomic mass is 10.2. The highest BCUT2D eigenvalue weighted by molar-refractivity contribution is 9.10. The van der Waals surface area contributed by atoms with Crippen molar-refractivity contribution in [3.63, 3.8) is 0 Å². The van der Waals surface area contributed by atoms with Crippen LogP contribution in [0, 0.1) is 0 Å². The molecule has 5 nitrogen and oxygen atoms in total. The molecular weight excluding hydrogens is 396 g/mol. The summed E-state index contributed by atoms with van der Waals surface area (Å²) in [7, 11) is 3.12. The van der Waals surface area contributed by atoms with Gasteiger partial charge in [-0.25, -0.2) is 0 Å². The van der Waals surface area contributed by atoms with Gasteiger partial charge in [-0.2, -0.15) is 0 Å². The highest BCUT2D eigenvalue weighted by Gasteiger charge is 2.18. The van der Waals surface area contributed by atoms with E-state index in [1.54, 1.807) is 56.6 Å². The van der Waals surface area contributed by atoms with Gasteiger partial charge < -0.3 is 15.0 Å². The Morgan fingerprint density at radius 1 is 1.21 bits per heavy atom. The number of anilines is 1. The summed E-state index contributed by atoms with van der Waals surface area (Å²) in [5, 5.41) is 3.06.